The number of aromatic nitrogens is 2. The molecule has 2 aliphatic rings. The Hall–Kier alpha value is -2.05. The molecule has 7 heteroatoms. The van der Waals surface area contributed by atoms with Crippen molar-refractivity contribution in [3.8, 4) is 0 Å². The highest BCUT2D eigenvalue weighted by Gasteiger charge is 2.29. The number of hydrogen-bond donors (Lipinski definition) is 1. The predicted octanol–water partition coefficient (Wildman–Crippen LogP) is 1.62. The minimum Gasteiger partial charge on any atom is -0.357 e. The lowest BCUT2D eigenvalue weighted by molar-refractivity contribution is -0.126. The van der Waals surface area contributed by atoms with Crippen LogP contribution in [0.5, 0.6) is 0 Å². The molecule has 1 saturated carbocycles. The molecular formula is C20H32N4O3. The first kappa shape index (κ1) is 19.7. The van der Waals surface area contributed by atoms with E-state index in [4.69, 9.17) is 0 Å². The van der Waals surface area contributed by atoms with Crippen molar-refractivity contribution < 1.29 is 4.79 Å². The van der Waals surface area contributed by atoms with E-state index >= 15 is 0 Å². The van der Waals surface area contributed by atoms with Crippen molar-refractivity contribution >= 4 is 11.7 Å². The molecule has 150 valence electrons. The summed E-state index contributed by atoms with van der Waals surface area (Å²) < 4.78 is 2.82. The van der Waals surface area contributed by atoms with E-state index in [1.165, 1.54) is 26.3 Å². The topological polar surface area (TPSA) is 76.3 Å². The molecule has 0 radical (unpaired) electrons. The Bertz CT molecular complexity index is 776. The molecule has 1 amide bonds. The third-order valence-electron chi connectivity index (χ3n) is 5.89. The summed E-state index contributed by atoms with van der Waals surface area (Å²) in [7, 11) is 1.51. The van der Waals surface area contributed by atoms with Crippen molar-refractivity contribution in [3.63, 3.8) is 0 Å². The maximum atomic E-state index is 12.8. The molecule has 3 rings (SSSR count). The maximum Gasteiger partial charge on any atom is 0.332 e. The van der Waals surface area contributed by atoms with E-state index in [0.29, 0.717) is 24.9 Å². The number of anilines is 1. The highest BCUT2D eigenvalue weighted by molar-refractivity contribution is 5.79. The zero-order valence-electron chi connectivity index (χ0n) is 16.6. The molecule has 7 nitrogen and oxygen atoms in total. The zero-order valence-corrected chi connectivity index (χ0v) is 16.6. The van der Waals surface area contributed by atoms with E-state index in [-0.39, 0.29) is 23.1 Å². The number of carbonyl (C=O) groups excluding carboxylic acids is 1. The van der Waals surface area contributed by atoms with Crippen LogP contribution in [0.1, 0.15) is 58.3 Å². The van der Waals surface area contributed by atoms with Crippen LogP contribution in [-0.2, 0) is 18.4 Å². The first-order chi connectivity index (χ1) is 13.0. The third-order valence-corrected chi connectivity index (χ3v) is 5.89. The van der Waals surface area contributed by atoms with Gasteiger partial charge in [-0.15, -0.1) is 0 Å². The van der Waals surface area contributed by atoms with Crippen molar-refractivity contribution in [2.24, 2.45) is 13.0 Å². The van der Waals surface area contributed by atoms with Crippen LogP contribution in [-0.4, -0.2) is 34.2 Å². The fourth-order valence-corrected chi connectivity index (χ4v) is 4.32. The van der Waals surface area contributed by atoms with Crippen LogP contribution in [0.2, 0.25) is 0 Å². The minimum absolute atomic E-state index is 0.0880. The Kier molecular flexibility index (Phi) is 6.39. The molecule has 2 heterocycles. The number of rotatable bonds is 5. The Morgan fingerprint density at radius 1 is 1.15 bits per heavy atom. The van der Waals surface area contributed by atoms with E-state index in [1.54, 1.807) is 10.6 Å². The predicted molar refractivity (Wildman–Crippen MR) is 106 cm³/mol. The van der Waals surface area contributed by atoms with Crippen LogP contribution in [0.3, 0.4) is 0 Å². The van der Waals surface area contributed by atoms with Gasteiger partial charge < -0.3 is 10.2 Å². The number of carbonyl (C=O) groups is 1. The van der Waals surface area contributed by atoms with Gasteiger partial charge in [0, 0.05) is 38.8 Å². The second-order valence-corrected chi connectivity index (χ2v) is 7.96. The van der Waals surface area contributed by atoms with Crippen LogP contribution in [0.25, 0.3) is 0 Å². The molecule has 0 bridgehead atoms. The maximum absolute atomic E-state index is 12.8. The van der Waals surface area contributed by atoms with Crippen molar-refractivity contribution in [1.82, 2.24) is 14.5 Å². The highest BCUT2D eigenvalue weighted by Crippen LogP contribution is 2.23. The van der Waals surface area contributed by atoms with Gasteiger partial charge in [-0.05, 0) is 32.1 Å². The Balaban J connectivity index is 1.77. The van der Waals surface area contributed by atoms with E-state index in [1.807, 2.05) is 11.8 Å². The van der Waals surface area contributed by atoms with Gasteiger partial charge in [0.25, 0.3) is 5.56 Å². The van der Waals surface area contributed by atoms with Crippen LogP contribution in [0.15, 0.2) is 15.7 Å². The van der Waals surface area contributed by atoms with E-state index < -0.39 is 0 Å². The van der Waals surface area contributed by atoms with E-state index in [2.05, 4.69) is 5.32 Å². The normalized spacial score (nSPS) is 21.3. The molecular weight excluding hydrogens is 344 g/mol. The first-order valence-electron chi connectivity index (χ1n) is 10.4. The fraction of sp³-hybridized carbons (Fsp3) is 0.750. The monoisotopic (exact) mass is 376 g/mol. The molecule has 1 unspecified atom stereocenters. The number of nitrogens with one attached hydrogen (secondary N) is 1. The molecule has 1 saturated heterocycles. The molecule has 1 N–H and O–H groups in total. The van der Waals surface area contributed by atoms with Crippen molar-refractivity contribution in [2.45, 2.75) is 70.9 Å². The van der Waals surface area contributed by atoms with Gasteiger partial charge in [-0.2, -0.15) is 0 Å². The van der Waals surface area contributed by atoms with Gasteiger partial charge in [0.1, 0.15) is 5.82 Å². The van der Waals surface area contributed by atoms with Crippen LogP contribution >= 0.6 is 0 Å². The van der Waals surface area contributed by atoms with E-state index in [0.717, 1.165) is 43.2 Å². The van der Waals surface area contributed by atoms with Crippen LogP contribution in [0.4, 0.5) is 5.82 Å². The highest BCUT2D eigenvalue weighted by atomic mass is 16.2. The second-order valence-electron chi connectivity index (χ2n) is 7.96. The summed E-state index contributed by atoms with van der Waals surface area (Å²) in [5, 5.41) is 3.23. The average molecular weight is 377 g/mol. The molecule has 27 heavy (non-hydrogen) atoms. The molecule has 1 aromatic heterocycles. The lowest BCUT2D eigenvalue weighted by Gasteiger charge is -2.35. The summed E-state index contributed by atoms with van der Waals surface area (Å²) in [6, 6.07) is 1.85. The summed E-state index contributed by atoms with van der Waals surface area (Å²) in [5.41, 5.74) is -0.579. The second kappa shape index (κ2) is 8.76. The van der Waals surface area contributed by atoms with Crippen LogP contribution < -0.4 is 21.5 Å². The van der Waals surface area contributed by atoms with Gasteiger partial charge >= 0.3 is 5.69 Å². The summed E-state index contributed by atoms with van der Waals surface area (Å²) in [4.78, 5) is 39.5. The number of nitrogens with zero attached hydrogens (tertiary/aromatic N) is 3. The van der Waals surface area contributed by atoms with Gasteiger partial charge in [0.05, 0.1) is 5.92 Å². The Labute approximate surface area is 160 Å². The Morgan fingerprint density at radius 2 is 1.89 bits per heavy atom. The van der Waals surface area contributed by atoms with Crippen molar-refractivity contribution in [3.05, 3.63) is 26.9 Å². The zero-order chi connectivity index (χ0) is 19.4. The lowest BCUT2D eigenvalue weighted by atomic mass is 9.93. The fourth-order valence-electron chi connectivity index (χ4n) is 4.32. The standard InChI is InChI=1S/C20H32N4O3/c1-3-11-24-17(13-18(25)22(2)20(24)27)23-12-7-8-15(14-23)19(26)21-16-9-5-4-6-10-16/h13,15-16H,3-12,14H2,1-2H3,(H,21,26). The molecule has 1 atom stereocenters. The largest absolute Gasteiger partial charge is 0.357 e. The van der Waals surface area contributed by atoms with Gasteiger partial charge in [-0.3, -0.25) is 18.7 Å². The quantitative estimate of drug-likeness (QED) is 0.847. The van der Waals surface area contributed by atoms with E-state index in [9.17, 15) is 14.4 Å². The molecule has 2 fully saturated rings. The summed E-state index contributed by atoms with van der Waals surface area (Å²) in [6.07, 6.45) is 8.36. The lowest BCUT2D eigenvalue weighted by Crippen LogP contribution is -2.48. The number of amides is 1. The smallest absolute Gasteiger partial charge is 0.332 e. The number of hydrogen-bond acceptors (Lipinski definition) is 4. The van der Waals surface area contributed by atoms with Gasteiger partial charge in [-0.1, -0.05) is 26.2 Å². The van der Waals surface area contributed by atoms with Gasteiger partial charge in [0.15, 0.2) is 0 Å². The average Bonchev–Trinajstić information content (AvgIpc) is 2.69. The number of piperidine rings is 1. The summed E-state index contributed by atoms with van der Waals surface area (Å²) >= 11 is 0. The Morgan fingerprint density at radius 3 is 2.59 bits per heavy atom. The summed E-state index contributed by atoms with van der Waals surface area (Å²) in [5.74, 6) is 0.690. The third kappa shape index (κ3) is 4.45. The van der Waals surface area contributed by atoms with Crippen LogP contribution in [0, 0.1) is 5.92 Å². The van der Waals surface area contributed by atoms with Crippen molar-refractivity contribution in [2.75, 3.05) is 18.0 Å². The summed E-state index contributed by atoms with van der Waals surface area (Å²) in [6.45, 7) is 3.91. The minimum atomic E-state index is -0.295. The first-order valence-corrected chi connectivity index (χ1v) is 10.4. The molecule has 1 aliphatic carbocycles. The molecule has 0 aromatic carbocycles. The molecule has 0 spiro atoms. The SMILES string of the molecule is CCCn1c(N2CCCC(C(=O)NC3CCCCC3)C2)cc(=O)n(C)c1=O. The van der Waals surface area contributed by atoms with Gasteiger partial charge in [0.2, 0.25) is 5.91 Å². The molecule has 1 aliphatic heterocycles. The van der Waals surface area contributed by atoms with Crippen molar-refractivity contribution in [1.29, 1.82) is 0 Å². The van der Waals surface area contributed by atoms with Gasteiger partial charge in [-0.25, -0.2) is 4.79 Å². The molecule has 1 aromatic rings.